The van der Waals surface area contributed by atoms with Crippen molar-refractivity contribution in [3.63, 3.8) is 0 Å². The molecule has 1 heterocycles. The zero-order chi connectivity index (χ0) is 14.2. The molecule has 0 unspecified atom stereocenters. The standard InChI is InChI=1S/C6H12N6O6/c7-1-10(4(13)14)2(8)12(6(17)18)3(9)11(1)5(15)16/h1-3H,7-9H2,(H,13,14)(H,15,16)(H,17,18). The van der Waals surface area contributed by atoms with Crippen molar-refractivity contribution >= 4 is 18.3 Å². The summed E-state index contributed by atoms with van der Waals surface area (Å²) in [6.07, 6.45) is -10.2. The maximum absolute atomic E-state index is 10.9. The van der Waals surface area contributed by atoms with Crippen LogP contribution in [-0.4, -0.2) is 67.2 Å². The zero-order valence-electron chi connectivity index (χ0n) is 8.87. The highest BCUT2D eigenvalue weighted by molar-refractivity contribution is 5.73. The number of amides is 3. The molecule has 0 spiro atoms. The Morgan fingerprint density at radius 2 is 0.833 bits per heavy atom. The third-order valence-corrected chi connectivity index (χ3v) is 2.37. The lowest BCUT2D eigenvalue weighted by Crippen LogP contribution is -2.80. The zero-order valence-corrected chi connectivity index (χ0v) is 8.87. The second-order valence-electron chi connectivity index (χ2n) is 3.31. The SMILES string of the molecule is NC1N(C(=O)O)C(N)N(C(=O)O)C(N)N1C(=O)O. The molecule has 0 bridgehead atoms. The molecule has 0 aromatic heterocycles. The number of hydrogen-bond donors (Lipinski definition) is 6. The van der Waals surface area contributed by atoms with Crippen molar-refractivity contribution in [3.05, 3.63) is 0 Å². The Morgan fingerprint density at radius 1 is 0.667 bits per heavy atom. The minimum absolute atomic E-state index is 0.256. The van der Waals surface area contributed by atoms with Crippen molar-refractivity contribution in [2.75, 3.05) is 0 Å². The van der Waals surface area contributed by atoms with E-state index in [1.807, 2.05) is 0 Å². The van der Waals surface area contributed by atoms with E-state index in [1.165, 1.54) is 0 Å². The van der Waals surface area contributed by atoms with Gasteiger partial charge in [-0.3, -0.25) is 17.2 Å². The van der Waals surface area contributed by atoms with Crippen molar-refractivity contribution in [2.45, 2.75) is 18.9 Å². The summed E-state index contributed by atoms with van der Waals surface area (Å²) in [6, 6.07) is 0. The van der Waals surface area contributed by atoms with Gasteiger partial charge in [0.05, 0.1) is 0 Å². The molecule has 9 N–H and O–H groups in total. The number of carbonyl (C=O) groups is 3. The van der Waals surface area contributed by atoms with Crippen LogP contribution in [0.2, 0.25) is 0 Å². The first kappa shape index (κ1) is 13.8. The summed E-state index contributed by atoms with van der Waals surface area (Å²) in [6.45, 7) is 0. The highest BCUT2D eigenvalue weighted by Crippen LogP contribution is 2.19. The summed E-state index contributed by atoms with van der Waals surface area (Å²) in [5.74, 6) is 0. The van der Waals surface area contributed by atoms with Crippen LogP contribution in [-0.2, 0) is 0 Å². The molecule has 12 nitrogen and oxygen atoms in total. The predicted molar refractivity (Wildman–Crippen MR) is 53.5 cm³/mol. The van der Waals surface area contributed by atoms with Gasteiger partial charge in [-0.25, -0.2) is 29.1 Å². The summed E-state index contributed by atoms with van der Waals surface area (Å²) in [7, 11) is 0. The van der Waals surface area contributed by atoms with Crippen LogP contribution in [0.5, 0.6) is 0 Å². The van der Waals surface area contributed by atoms with Crippen LogP contribution in [0.4, 0.5) is 14.4 Å². The van der Waals surface area contributed by atoms with E-state index < -0.39 is 37.1 Å². The van der Waals surface area contributed by atoms with E-state index in [0.29, 0.717) is 0 Å². The first-order valence-corrected chi connectivity index (χ1v) is 4.50. The average Bonchev–Trinajstić information content (AvgIpc) is 2.14. The molecule has 1 rings (SSSR count). The molecule has 3 amide bonds. The smallest absolute Gasteiger partial charge is 0.412 e. The third kappa shape index (κ3) is 1.94. The fraction of sp³-hybridized carbons (Fsp3) is 0.500. The molecule has 0 aromatic carbocycles. The van der Waals surface area contributed by atoms with Crippen LogP contribution >= 0.6 is 0 Å². The predicted octanol–water partition coefficient (Wildman–Crippen LogP) is -2.33. The van der Waals surface area contributed by atoms with Crippen molar-refractivity contribution in [2.24, 2.45) is 17.2 Å². The van der Waals surface area contributed by atoms with Gasteiger partial charge in [-0.1, -0.05) is 0 Å². The van der Waals surface area contributed by atoms with Crippen LogP contribution in [0.25, 0.3) is 0 Å². The van der Waals surface area contributed by atoms with Gasteiger partial charge in [0.15, 0.2) is 18.9 Å². The molecule has 18 heavy (non-hydrogen) atoms. The van der Waals surface area contributed by atoms with Crippen molar-refractivity contribution in [1.29, 1.82) is 0 Å². The van der Waals surface area contributed by atoms with Gasteiger partial charge < -0.3 is 15.3 Å². The van der Waals surface area contributed by atoms with Crippen molar-refractivity contribution < 1.29 is 29.7 Å². The largest absolute Gasteiger partial charge is 0.465 e. The van der Waals surface area contributed by atoms with Gasteiger partial charge in [0.1, 0.15) is 0 Å². The Bertz CT molecular complexity index is 320. The van der Waals surface area contributed by atoms with Gasteiger partial charge in [0, 0.05) is 0 Å². The molecular formula is C6H12N6O6. The monoisotopic (exact) mass is 264 g/mol. The number of nitrogens with zero attached hydrogens (tertiary/aromatic N) is 3. The number of hydrogen-bond acceptors (Lipinski definition) is 6. The second-order valence-corrected chi connectivity index (χ2v) is 3.31. The molecular weight excluding hydrogens is 252 g/mol. The number of carboxylic acid groups (broad SMARTS) is 3. The average molecular weight is 264 g/mol. The molecule has 0 aromatic rings. The summed E-state index contributed by atoms with van der Waals surface area (Å²) in [5, 5.41) is 26.6. The molecule has 0 saturated carbocycles. The molecule has 1 aliphatic heterocycles. The van der Waals surface area contributed by atoms with Gasteiger partial charge in [0.25, 0.3) is 0 Å². The third-order valence-electron chi connectivity index (χ3n) is 2.37. The Morgan fingerprint density at radius 3 is 0.944 bits per heavy atom. The van der Waals surface area contributed by atoms with E-state index in [2.05, 4.69) is 0 Å². The van der Waals surface area contributed by atoms with Crippen LogP contribution in [0.15, 0.2) is 0 Å². The number of rotatable bonds is 0. The summed E-state index contributed by atoms with van der Waals surface area (Å²) in [5.41, 5.74) is 16.1. The molecule has 1 fully saturated rings. The van der Waals surface area contributed by atoms with Gasteiger partial charge >= 0.3 is 18.3 Å². The Hall–Kier alpha value is -2.31. The van der Waals surface area contributed by atoms with Gasteiger partial charge in [-0.05, 0) is 0 Å². The van der Waals surface area contributed by atoms with E-state index >= 15 is 0 Å². The minimum Gasteiger partial charge on any atom is -0.465 e. The Kier molecular flexibility index (Phi) is 3.45. The van der Waals surface area contributed by atoms with Crippen LogP contribution in [0.3, 0.4) is 0 Å². The molecule has 102 valence electrons. The van der Waals surface area contributed by atoms with E-state index in [9.17, 15) is 14.4 Å². The van der Waals surface area contributed by atoms with E-state index in [4.69, 9.17) is 32.5 Å². The highest BCUT2D eigenvalue weighted by Gasteiger charge is 2.48. The van der Waals surface area contributed by atoms with Crippen LogP contribution < -0.4 is 17.2 Å². The van der Waals surface area contributed by atoms with Gasteiger partial charge in [-0.2, -0.15) is 0 Å². The quantitative estimate of drug-likeness (QED) is 0.277. The molecule has 0 radical (unpaired) electrons. The molecule has 12 heteroatoms. The van der Waals surface area contributed by atoms with E-state index in [-0.39, 0.29) is 14.7 Å². The van der Waals surface area contributed by atoms with E-state index in [1.54, 1.807) is 0 Å². The lowest BCUT2D eigenvalue weighted by Gasteiger charge is -2.50. The van der Waals surface area contributed by atoms with Crippen LogP contribution in [0, 0.1) is 0 Å². The Balaban J connectivity index is 3.22. The lowest BCUT2D eigenvalue weighted by molar-refractivity contribution is -0.122. The molecule has 1 aliphatic rings. The highest BCUT2D eigenvalue weighted by atomic mass is 16.4. The normalized spacial score (nSPS) is 28.2. The van der Waals surface area contributed by atoms with Gasteiger partial charge in [0.2, 0.25) is 0 Å². The minimum atomic E-state index is -1.71. The first-order valence-electron chi connectivity index (χ1n) is 4.50. The molecule has 1 saturated heterocycles. The summed E-state index contributed by atoms with van der Waals surface area (Å²) in [4.78, 5) is 33.5. The summed E-state index contributed by atoms with van der Waals surface area (Å²) >= 11 is 0. The lowest BCUT2D eigenvalue weighted by atomic mass is 10.4. The second kappa shape index (κ2) is 4.52. The summed E-state index contributed by atoms with van der Waals surface area (Å²) < 4.78 is 0. The van der Waals surface area contributed by atoms with Crippen molar-refractivity contribution in [1.82, 2.24) is 14.7 Å². The number of nitrogens with two attached hydrogens (primary N) is 3. The van der Waals surface area contributed by atoms with E-state index in [0.717, 1.165) is 0 Å². The van der Waals surface area contributed by atoms with Crippen molar-refractivity contribution in [3.8, 4) is 0 Å². The van der Waals surface area contributed by atoms with Crippen LogP contribution in [0.1, 0.15) is 0 Å². The maximum atomic E-state index is 10.9. The molecule has 0 atom stereocenters. The fourth-order valence-corrected chi connectivity index (χ4v) is 1.55. The molecule has 0 aliphatic carbocycles. The Labute approximate surface area is 99.7 Å². The topological polar surface area (TPSA) is 200 Å². The first-order chi connectivity index (χ1) is 8.20. The van der Waals surface area contributed by atoms with Gasteiger partial charge in [-0.15, -0.1) is 0 Å². The maximum Gasteiger partial charge on any atom is 0.412 e. The fourth-order valence-electron chi connectivity index (χ4n) is 1.55.